The smallest absolute Gasteiger partial charge is 0.233 e. The Kier molecular flexibility index (Phi) is 7.32. The van der Waals surface area contributed by atoms with Gasteiger partial charge in [0.2, 0.25) is 5.91 Å². The van der Waals surface area contributed by atoms with E-state index >= 15 is 0 Å². The van der Waals surface area contributed by atoms with Gasteiger partial charge in [-0.3, -0.25) is 9.36 Å². The molecule has 0 aliphatic carbocycles. The predicted octanol–water partition coefficient (Wildman–Crippen LogP) is 5.35. The van der Waals surface area contributed by atoms with Gasteiger partial charge < -0.3 is 9.64 Å². The van der Waals surface area contributed by atoms with Gasteiger partial charge in [-0.25, -0.2) is 0 Å². The van der Waals surface area contributed by atoms with Gasteiger partial charge in [-0.05, 0) is 54.1 Å². The fourth-order valence-electron chi connectivity index (χ4n) is 3.33. The molecule has 1 aromatic heterocycles. The van der Waals surface area contributed by atoms with Crippen molar-refractivity contribution in [3.63, 3.8) is 0 Å². The number of amides is 1. The summed E-state index contributed by atoms with van der Waals surface area (Å²) in [6, 6.07) is 25.0. The minimum absolute atomic E-state index is 0.00141. The predicted molar refractivity (Wildman–Crippen MR) is 132 cm³/mol. The number of carbonyl (C=O) groups is 1. The number of hydrogen-bond acceptors (Lipinski definition) is 5. The van der Waals surface area contributed by atoms with E-state index < -0.39 is 0 Å². The van der Waals surface area contributed by atoms with Crippen molar-refractivity contribution in [1.29, 1.82) is 0 Å². The van der Waals surface area contributed by atoms with Crippen LogP contribution < -0.4 is 4.74 Å². The summed E-state index contributed by atoms with van der Waals surface area (Å²) in [6.07, 6.45) is 0. The van der Waals surface area contributed by atoms with Crippen LogP contribution in [0.1, 0.15) is 5.56 Å². The van der Waals surface area contributed by atoms with Crippen LogP contribution in [0.4, 0.5) is 0 Å². The summed E-state index contributed by atoms with van der Waals surface area (Å²) in [5.74, 6) is 1.70. The lowest BCUT2D eigenvalue weighted by Crippen LogP contribution is -2.27. The van der Waals surface area contributed by atoms with Gasteiger partial charge in [-0.15, -0.1) is 10.2 Å². The normalized spacial score (nSPS) is 10.8. The third-order valence-electron chi connectivity index (χ3n) is 5.05. The maximum Gasteiger partial charge on any atom is 0.233 e. The van der Waals surface area contributed by atoms with Crippen LogP contribution in [0.25, 0.3) is 17.1 Å². The van der Waals surface area contributed by atoms with Crippen molar-refractivity contribution >= 4 is 29.3 Å². The Bertz CT molecular complexity index is 1230. The molecule has 6 nitrogen and oxygen atoms in total. The quantitative estimate of drug-likeness (QED) is 0.319. The summed E-state index contributed by atoms with van der Waals surface area (Å²) >= 11 is 7.42. The molecule has 33 heavy (non-hydrogen) atoms. The molecule has 4 rings (SSSR count). The summed E-state index contributed by atoms with van der Waals surface area (Å²) in [5.41, 5.74) is 2.82. The standard InChI is InChI=1S/C25H23ClN4O2S/c1-29(16-18-7-6-10-22(15-18)32-2)23(31)17-33-25-28-27-24(19-11-13-20(26)14-12-19)30(25)21-8-4-3-5-9-21/h3-15H,16-17H2,1-2H3. The highest BCUT2D eigenvalue weighted by molar-refractivity contribution is 7.99. The van der Waals surface area contributed by atoms with E-state index in [1.165, 1.54) is 11.8 Å². The fraction of sp³-hybridized carbons (Fsp3) is 0.160. The molecule has 3 aromatic carbocycles. The summed E-state index contributed by atoms with van der Waals surface area (Å²) in [7, 11) is 3.43. The van der Waals surface area contributed by atoms with E-state index in [-0.39, 0.29) is 11.7 Å². The number of ether oxygens (including phenoxy) is 1. The molecule has 4 aromatic rings. The molecule has 8 heteroatoms. The van der Waals surface area contributed by atoms with Gasteiger partial charge in [-0.1, -0.05) is 53.7 Å². The zero-order valence-electron chi connectivity index (χ0n) is 18.3. The second-order valence-corrected chi connectivity index (χ2v) is 8.75. The molecular formula is C25H23ClN4O2S. The van der Waals surface area contributed by atoms with Crippen LogP contribution in [0.15, 0.2) is 84.0 Å². The molecule has 0 fully saturated rings. The van der Waals surface area contributed by atoms with Crippen LogP contribution in [0, 0.1) is 0 Å². The molecule has 0 atom stereocenters. The van der Waals surface area contributed by atoms with Crippen LogP contribution in [0.3, 0.4) is 0 Å². The lowest BCUT2D eigenvalue weighted by atomic mass is 10.2. The second kappa shape index (κ2) is 10.6. The molecule has 0 aliphatic heterocycles. The van der Waals surface area contributed by atoms with Crippen molar-refractivity contribution in [2.24, 2.45) is 0 Å². The monoisotopic (exact) mass is 478 g/mol. The van der Waals surface area contributed by atoms with Crippen molar-refractivity contribution in [2.45, 2.75) is 11.7 Å². The Morgan fingerprint density at radius 1 is 1.03 bits per heavy atom. The van der Waals surface area contributed by atoms with Crippen molar-refractivity contribution < 1.29 is 9.53 Å². The first kappa shape index (κ1) is 22.9. The highest BCUT2D eigenvalue weighted by Gasteiger charge is 2.18. The van der Waals surface area contributed by atoms with Crippen LogP contribution in [-0.2, 0) is 11.3 Å². The average molecular weight is 479 g/mol. The first-order valence-electron chi connectivity index (χ1n) is 10.3. The third kappa shape index (κ3) is 5.56. The molecule has 0 saturated carbocycles. The zero-order valence-corrected chi connectivity index (χ0v) is 19.9. The van der Waals surface area contributed by atoms with Crippen molar-refractivity contribution in [3.8, 4) is 22.8 Å². The Labute approximate surface area is 202 Å². The van der Waals surface area contributed by atoms with Gasteiger partial charge in [0.25, 0.3) is 0 Å². The second-order valence-electron chi connectivity index (χ2n) is 7.37. The van der Waals surface area contributed by atoms with E-state index in [0.717, 1.165) is 22.6 Å². The molecule has 1 heterocycles. The van der Waals surface area contributed by atoms with Crippen LogP contribution in [0.2, 0.25) is 5.02 Å². The largest absolute Gasteiger partial charge is 0.497 e. The summed E-state index contributed by atoms with van der Waals surface area (Å²) in [6.45, 7) is 0.498. The molecule has 1 amide bonds. The van der Waals surface area contributed by atoms with Gasteiger partial charge >= 0.3 is 0 Å². The molecule has 0 unspecified atom stereocenters. The fourth-order valence-corrected chi connectivity index (χ4v) is 4.35. The zero-order chi connectivity index (χ0) is 23.2. The van der Waals surface area contributed by atoms with Gasteiger partial charge in [0.15, 0.2) is 11.0 Å². The SMILES string of the molecule is COc1cccc(CN(C)C(=O)CSc2nnc(-c3ccc(Cl)cc3)n2-c2ccccc2)c1. The van der Waals surface area contributed by atoms with Crippen molar-refractivity contribution in [3.05, 3.63) is 89.4 Å². The van der Waals surface area contributed by atoms with Gasteiger partial charge in [0.1, 0.15) is 5.75 Å². The van der Waals surface area contributed by atoms with Crippen LogP contribution >= 0.6 is 23.4 Å². The van der Waals surface area contributed by atoms with Crippen LogP contribution in [0.5, 0.6) is 5.75 Å². The maximum atomic E-state index is 12.8. The van der Waals surface area contributed by atoms with Crippen LogP contribution in [-0.4, -0.2) is 45.5 Å². The maximum absolute atomic E-state index is 12.8. The highest BCUT2D eigenvalue weighted by atomic mass is 35.5. The van der Waals surface area contributed by atoms with E-state index in [1.54, 1.807) is 19.1 Å². The molecule has 0 saturated heterocycles. The molecular weight excluding hydrogens is 456 g/mol. The van der Waals surface area contributed by atoms with Crippen molar-refractivity contribution in [2.75, 3.05) is 19.9 Å². The third-order valence-corrected chi connectivity index (χ3v) is 6.22. The molecule has 168 valence electrons. The minimum atomic E-state index is -0.00141. The number of halogens is 1. The number of rotatable bonds is 8. The summed E-state index contributed by atoms with van der Waals surface area (Å²) < 4.78 is 7.23. The number of para-hydroxylation sites is 1. The average Bonchev–Trinajstić information content (AvgIpc) is 3.27. The van der Waals surface area contributed by atoms with Gasteiger partial charge in [-0.2, -0.15) is 0 Å². The van der Waals surface area contributed by atoms with E-state index in [2.05, 4.69) is 10.2 Å². The number of methoxy groups -OCH3 is 1. The lowest BCUT2D eigenvalue weighted by Gasteiger charge is -2.17. The highest BCUT2D eigenvalue weighted by Crippen LogP contribution is 2.29. The van der Waals surface area contributed by atoms with Gasteiger partial charge in [0.05, 0.1) is 12.9 Å². The van der Waals surface area contributed by atoms with E-state index in [4.69, 9.17) is 16.3 Å². The number of thioether (sulfide) groups is 1. The summed E-state index contributed by atoms with van der Waals surface area (Å²) in [4.78, 5) is 14.5. The number of carbonyl (C=O) groups excluding carboxylic acids is 1. The number of aromatic nitrogens is 3. The number of hydrogen-bond donors (Lipinski definition) is 0. The summed E-state index contributed by atoms with van der Waals surface area (Å²) in [5, 5.41) is 10.1. The van der Waals surface area contributed by atoms with E-state index in [1.807, 2.05) is 83.4 Å². The molecule has 0 bridgehead atoms. The topological polar surface area (TPSA) is 60.2 Å². The Morgan fingerprint density at radius 3 is 2.52 bits per heavy atom. The van der Waals surface area contributed by atoms with E-state index in [9.17, 15) is 4.79 Å². The molecule has 0 radical (unpaired) electrons. The minimum Gasteiger partial charge on any atom is -0.497 e. The first-order valence-corrected chi connectivity index (χ1v) is 11.7. The molecule has 0 N–H and O–H groups in total. The first-order chi connectivity index (χ1) is 16.0. The molecule has 0 spiro atoms. The number of benzene rings is 3. The Balaban J connectivity index is 1.53. The molecule has 0 aliphatic rings. The van der Waals surface area contributed by atoms with Gasteiger partial charge in [0, 0.05) is 29.9 Å². The van der Waals surface area contributed by atoms with E-state index in [0.29, 0.717) is 22.5 Å². The lowest BCUT2D eigenvalue weighted by molar-refractivity contribution is -0.127. The Morgan fingerprint density at radius 2 is 1.79 bits per heavy atom. The van der Waals surface area contributed by atoms with Crippen molar-refractivity contribution in [1.82, 2.24) is 19.7 Å². The number of nitrogens with zero attached hydrogens (tertiary/aromatic N) is 4. The Hall–Kier alpha value is -3.29.